The number of piperidine rings is 1. The largest absolute Gasteiger partial charge is 0.465 e. The van der Waals surface area contributed by atoms with E-state index in [9.17, 15) is 14.7 Å². The molecule has 0 spiro atoms. The minimum absolute atomic E-state index is 0.122. The number of ether oxygens (including phenoxy) is 2. The molecule has 2 amide bonds. The molecule has 2 rings (SSSR count). The summed E-state index contributed by atoms with van der Waals surface area (Å²) >= 11 is 1.60. The lowest BCUT2D eigenvalue weighted by molar-refractivity contribution is -0.00959. The maximum Gasteiger partial charge on any atom is 0.407 e. The summed E-state index contributed by atoms with van der Waals surface area (Å²) < 4.78 is 10.5. The number of thiophene rings is 1. The highest BCUT2D eigenvalue weighted by Crippen LogP contribution is 2.35. The van der Waals surface area contributed by atoms with Crippen LogP contribution in [0.15, 0.2) is 17.5 Å². The molecular weight excluding hydrogens is 320 g/mol. The van der Waals surface area contributed by atoms with Gasteiger partial charge < -0.3 is 24.8 Å². The minimum atomic E-state index is -0.882. The second kappa shape index (κ2) is 8.73. The van der Waals surface area contributed by atoms with Crippen molar-refractivity contribution in [1.82, 2.24) is 10.2 Å². The fraction of sp³-hybridized carbons (Fsp3) is 0.600. The van der Waals surface area contributed by atoms with Gasteiger partial charge in [-0.3, -0.25) is 0 Å². The van der Waals surface area contributed by atoms with Crippen molar-refractivity contribution < 1.29 is 24.2 Å². The summed E-state index contributed by atoms with van der Waals surface area (Å²) in [6.45, 7) is 1.75. The summed E-state index contributed by atoms with van der Waals surface area (Å²) in [5.41, 5.74) is 0. The van der Waals surface area contributed by atoms with Crippen molar-refractivity contribution in [1.29, 1.82) is 0 Å². The Labute approximate surface area is 139 Å². The van der Waals surface area contributed by atoms with E-state index in [1.54, 1.807) is 11.3 Å². The number of rotatable bonds is 6. The van der Waals surface area contributed by atoms with Gasteiger partial charge in [-0.15, -0.1) is 11.3 Å². The van der Waals surface area contributed by atoms with Crippen LogP contribution in [-0.2, 0) is 9.47 Å². The molecule has 8 heteroatoms. The van der Waals surface area contributed by atoms with E-state index in [2.05, 4.69) is 10.1 Å². The third-order valence-electron chi connectivity index (χ3n) is 3.83. The first-order valence-corrected chi connectivity index (χ1v) is 8.44. The number of likely N-dealkylation sites (tertiary alicyclic amines) is 1. The molecule has 2 atom stereocenters. The third kappa shape index (κ3) is 5.11. The summed E-state index contributed by atoms with van der Waals surface area (Å²) in [7, 11) is 1.31. The lowest BCUT2D eigenvalue weighted by Crippen LogP contribution is -2.41. The molecule has 0 saturated carbocycles. The Bertz CT molecular complexity index is 508. The van der Waals surface area contributed by atoms with E-state index >= 15 is 0 Å². The van der Waals surface area contributed by atoms with Gasteiger partial charge in [0.15, 0.2) is 0 Å². The van der Waals surface area contributed by atoms with E-state index in [0.717, 1.165) is 17.7 Å². The van der Waals surface area contributed by atoms with Crippen LogP contribution in [0.2, 0.25) is 0 Å². The molecule has 1 aromatic rings. The van der Waals surface area contributed by atoms with E-state index in [1.807, 2.05) is 17.5 Å². The number of nitrogens with one attached hydrogen (secondary N) is 1. The topological polar surface area (TPSA) is 88.1 Å². The van der Waals surface area contributed by atoms with Crippen molar-refractivity contribution >= 4 is 23.5 Å². The zero-order chi connectivity index (χ0) is 16.7. The predicted molar refractivity (Wildman–Crippen MR) is 85.7 cm³/mol. The predicted octanol–water partition coefficient (Wildman–Crippen LogP) is 2.55. The van der Waals surface area contributed by atoms with Gasteiger partial charge in [-0.1, -0.05) is 6.07 Å². The highest BCUT2D eigenvalue weighted by Gasteiger charge is 2.31. The lowest BCUT2D eigenvalue weighted by Gasteiger charge is -2.35. The van der Waals surface area contributed by atoms with E-state index in [0.29, 0.717) is 26.2 Å². The van der Waals surface area contributed by atoms with Crippen LogP contribution in [0.1, 0.15) is 23.8 Å². The van der Waals surface area contributed by atoms with Crippen LogP contribution in [0.25, 0.3) is 0 Å². The van der Waals surface area contributed by atoms with Gasteiger partial charge in [-0.2, -0.15) is 0 Å². The summed E-state index contributed by atoms with van der Waals surface area (Å²) in [6.07, 6.45) is 0.235. The smallest absolute Gasteiger partial charge is 0.407 e. The van der Waals surface area contributed by atoms with Crippen molar-refractivity contribution in [3.8, 4) is 0 Å². The molecule has 23 heavy (non-hydrogen) atoms. The number of alkyl carbamates (subject to hydrolysis) is 1. The molecule has 2 N–H and O–H groups in total. The average Bonchev–Trinajstić information content (AvgIpc) is 3.08. The summed E-state index contributed by atoms with van der Waals surface area (Å²) in [4.78, 5) is 24.8. The fourth-order valence-electron chi connectivity index (χ4n) is 2.75. The number of carbonyl (C=O) groups excluding carboxylic acids is 1. The molecule has 2 heterocycles. The van der Waals surface area contributed by atoms with Crippen LogP contribution in [0.5, 0.6) is 0 Å². The van der Waals surface area contributed by atoms with Gasteiger partial charge in [0.2, 0.25) is 0 Å². The van der Waals surface area contributed by atoms with Gasteiger partial charge in [0.25, 0.3) is 0 Å². The number of hydrogen-bond donors (Lipinski definition) is 2. The van der Waals surface area contributed by atoms with E-state index < -0.39 is 12.2 Å². The maximum atomic E-state index is 11.2. The molecule has 1 aliphatic rings. The zero-order valence-corrected chi connectivity index (χ0v) is 13.9. The van der Waals surface area contributed by atoms with Crippen molar-refractivity contribution in [3.63, 3.8) is 0 Å². The molecule has 0 radical (unpaired) electrons. The van der Waals surface area contributed by atoms with Crippen LogP contribution >= 0.6 is 11.3 Å². The first kappa shape index (κ1) is 17.6. The Balaban J connectivity index is 1.95. The second-order valence-electron chi connectivity index (χ2n) is 5.36. The Morgan fingerprint density at radius 3 is 3.04 bits per heavy atom. The van der Waals surface area contributed by atoms with Gasteiger partial charge in [0.05, 0.1) is 19.8 Å². The number of carboxylic acid groups (broad SMARTS) is 1. The van der Waals surface area contributed by atoms with Crippen LogP contribution < -0.4 is 5.32 Å². The van der Waals surface area contributed by atoms with Crippen LogP contribution in [0, 0.1) is 5.92 Å². The SMILES string of the molecule is COC(=O)NCCOC(c1cccs1)C1CCCN(C(=O)O)C1. The lowest BCUT2D eigenvalue weighted by atomic mass is 9.91. The minimum Gasteiger partial charge on any atom is -0.465 e. The van der Waals surface area contributed by atoms with E-state index in [1.165, 1.54) is 12.0 Å². The molecular formula is C15H22N2O5S. The zero-order valence-electron chi connectivity index (χ0n) is 13.1. The van der Waals surface area contributed by atoms with Crippen molar-refractivity contribution in [2.75, 3.05) is 33.4 Å². The normalized spacial score (nSPS) is 19.2. The van der Waals surface area contributed by atoms with Gasteiger partial charge in [0, 0.05) is 30.4 Å². The monoisotopic (exact) mass is 342 g/mol. The molecule has 0 bridgehead atoms. The highest BCUT2D eigenvalue weighted by molar-refractivity contribution is 7.10. The van der Waals surface area contributed by atoms with Crippen molar-refractivity contribution in [2.45, 2.75) is 18.9 Å². The maximum absolute atomic E-state index is 11.2. The molecule has 1 fully saturated rings. The second-order valence-corrected chi connectivity index (χ2v) is 6.34. The molecule has 1 aromatic heterocycles. The number of nitrogens with zero attached hydrogens (tertiary/aromatic N) is 1. The quantitative estimate of drug-likeness (QED) is 0.776. The van der Waals surface area contributed by atoms with Gasteiger partial charge in [0.1, 0.15) is 0 Å². The molecule has 0 aromatic carbocycles. The number of hydrogen-bond acceptors (Lipinski definition) is 5. The van der Waals surface area contributed by atoms with E-state index in [-0.39, 0.29) is 12.0 Å². The molecule has 1 aliphatic heterocycles. The highest BCUT2D eigenvalue weighted by atomic mass is 32.1. The summed E-state index contributed by atoms with van der Waals surface area (Å²) in [5.74, 6) is 0.122. The van der Waals surface area contributed by atoms with E-state index in [4.69, 9.17) is 4.74 Å². The first-order chi connectivity index (χ1) is 11.1. The van der Waals surface area contributed by atoms with Crippen molar-refractivity contribution in [2.24, 2.45) is 5.92 Å². The summed E-state index contributed by atoms with van der Waals surface area (Å²) in [6, 6.07) is 3.96. The van der Waals surface area contributed by atoms with Crippen LogP contribution in [0.4, 0.5) is 9.59 Å². The van der Waals surface area contributed by atoms with Crippen LogP contribution in [-0.4, -0.2) is 55.5 Å². The Morgan fingerprint density at radius 1 is 1.57 bits per heavy atom. The number of carbonyl (C=O) groups is 2. The Hall–Kier alpha value is -1.80. The van der Waals surface area contributed by atoms with Gasteiger partial charge >= 0.3 is 12.2 Å². The number of amides is 2. The van der Waals surface area contributed by atoms with Crippen molar-refractivity contribution in [3.05, 3.63) is 22.4 Å². The molecule has 2 unspecified atom stereocenters. The average molecular weight is 342 g/mol. The Morgan fingerprint density at radius 2 is 2.39 bits per heavy atom. The third-order valence-corrected chi connectivity index (χ3v) is 4.77. The Kier molecular flexibility index (Phi) is 6.66. The first-order valence-electron chi connectivity index (χ1n) is 7.56. The van der Waals surface area contributed by atoms with Gasteiger partial charge in [-0.25, -0.2) is 9.59 Å². The molecule has 128 valence electrons. The fourth-order valence-corrected chi connectivity index (χ4v) is 3.61. The molecule has 0 aliphatic carbocycles. The van der Waals surface area contributed by atoms with Gasteiger partial charge in [-0.05, 0) is 24.3 Å². The number of methoxy groups -OCH3 is 1. The molecule has 7 nitrogen and oxygen atoms in total. The molecule has 1 saturated heterocycles. The summed E-state index contributed by atoms with van der Waals surface area (Å²) in [5, 5.41) is 13.8. The van der Waals surface area contributed by atoms with Crippen LogP contribution in [0.3, 0.4) is 0 Å². The standard InChI is InChI=1S/C15H22N2O5S/c1-21-14(18)16-6-8-22-13(12-5-3-9-23-12)11-4-2-7-17(10-11)15(19)20/h3,5,9,11,13H,2,4,6-8,10H2,1H3,(H,16,18)(H,19,20).